The van der Waals surface area contributed by atoms with Gasteiger partial charge in [-0.05, 0) is 25.0 Å². The summed E-state index contributed by atoms with van der Waals surface area (Å²) >= 11 is 1.34. The molecule has 4 rings (SSSR count). The van der Waals surface area contributed by atoms with Crippen molar-refractivity contribution in [2.24, 2.45) is 5.73 Å². The molecule has 0 atom stereocenters. The molecule has 2 heterocycles. The number of thiazole rings is 1. The summed E-state index contributed by atoms with van der Waals surface area (Å²) in [6.07, 6.45) is 3.88. The smallest absolute Gasteiger partial charge is 0.277 e. The normalized spacial score (nSPS) is 16.1. The van der Waals surface area contributed by atoms with Gasteiger partial charge in [-0.2, -0.15) is 4.98 Å². The van der Waals surface area contributed by atoms with Gasteiger partial charge in [0, 0.05) is 10.9 Å². The highest BCUT2D eigenvalue weighted by Crippen LogP contribution is 2.36. The van der Waals surface area contributed by atoms with E-state index in [2.05, 4.69) is 15.1 Å². The summed E-state index contributed by atoms with van der Waals surface area (Å²) in [5.41, 5.74) is 6.86. The summed E-state index contributed by atoms with van der Waals surface area (Å²) in [5, 5.41) is 6.40. The van der Waals surface area contributed by atoms with Gasteiger partial charge in [-0.1, -0.05) is 30.1 Å². The summed E-state index contributed by atoms with van der Waals surface area (Å²) in [6, 6.07) is 6.55. The van der Waals surface area contributed by atoms with Crippen LogP contribution in [0.2, 0.25) is 0 Å². The second-order valence-corrected chi connectivity index (χ2v) is 6.66. The number of rotatable bonds is 3. The maximum Gasteiger partial charge on any atom is 0.277 e. The zero-order valence-electron chi connectivity index (χ0n) is 12.7. The molecule has 0 radical (unpaired) electrons. The van der Waals surface area contributed by atoms with Crippen molar-refractivity contribution in [2.45, 2.75) is 31.2 Å². The van der Waals surface area contributed by atoms with E-state index >= 15 is 0 Å². The Labute approximate surface area is 148 Å². The number of benzene rings is 1. The fraction of sp³-hybridized carbons (Fsp3) is 0.312. The molecule has 2 N–H and O–H groups in total. The van der Waals surface area contributed by atoms with Gasteiger partial charge in [0.1, 0.15) is 16.5 Å². The van der Waals surface area contributed by atoms with Gasteiger partial charge in [-0.3, -0.25) is 0 Å². The Bertz CT molecular complexity index is 844. The van der Waals surface area contributed by atoms with Crippen LogP contribution in [0.3, 0.4) is 0 Å². The van der Waals surface area contributed by atoms with Crippen LogP contribution in [0.15, 0.2) is 34.2 Å². The van der Waals surface area contributed by atoms with Gasteiger partial charge in [0.25, 0.3) is 5.89 Å². The minimum atomic E-state index is -0.494. The first-order chi connectivity index (χ1) is 11.2. The Hall–Kier alpha value is -1.83. The number of aromatic nitrogens is 3. The Morgan fingerprint density at radius 3 is 2.67 bits per heavy atom. The van der Waals surface area contributed by atoms with E-state index in [4.69, 9.17) is 10.3 Å². The second kappa shape index (κ2) is 6.58. The topological polar surface area (TPSA) is 77.8 Å². The number of hydrogen-bond acceptors (Lipinski definition) is 6. The molecule has 0 amide bonds. The highest BCUT2D eigenvalue weighted by Gasteiger charge is 2.36. The third kappa shape index (κ3) is 2.94. The van der Waals surface area contributed by atoms with Crippen molar-refractivity contribution >= 4 is 23.7 Å². The van der Waals surface area contributed by atoms with Crippen LogP contribution >= 0.6 is 23.7 Å². The number of hydrogen-bond donors (Lipinski definition) is 1. The van der Waals surface area contributed by atoms with Crippen molar-refractivity contribution in [2.75, 3.05) is 0 Å². The molecule has 1 saturated carbocycles. The quantitative estimate of drug-likeness (QED) is 0.753. The molecule has 0 unspecified atom stereocenters. The first-order valence-electron chi connectivity index (χ1n) is 7.50. The van der Waals surface area contributed by atoms with Crippen LogP contribution in [0.4, 0.5) is 4.39 Å². The van der Waals surface area contributed by atoms with Crippen molar-refractivity contribution in [3.8, 4) is 22.2 Å². The zero-order chi connectivity index (χ0) is 15.9. The van der Waals surface area contributed by atoms with Crippen molar-refractivity contribution < 1.29 is 8.91 Å². The Kier molecular flexibility index (Phi) is 4.67. The number of nitrogens with two attached hydrogens (primary N) is 1. The first-order valence-corrected chi connectivity index (χ1v) is 8.38. The van der Waals surface area contributed by atoms with E-state index in [1.807, 2.05) is 0 Å². The minimum Gasteiger partial charge on any atom is -0.332 e. The van der Waals surface area contributed by atoms with Gasteiger partial charge >= 0.3 is 0 Å². The standard InChI is InChI=1S/C16H15FN4OS.ClH/c17-11-6-2-1-5-10(11)14-19-12(9-23-14)13-20-15(21-22-13)16(18)7-3-4-8-16;/h1-2,5-6,9H,3-4,7-8,18H2;1H. The molecule has 0 bridgehead atoms. The second-order valence-electron chi connectivity index (χ2n) is 5.80. The average Bonchev–Trinajstić information content (AvgIpc) is 3.27. The highest BCUT2D eigenvalue weighted by molar-refractivity contribution is 7.13. The molecule has 1 aliphatic carbocycles. The van der Waals surface area contributed by atoms with Crippen LogP contribution in [-0.4, -0.2) is 15.1 Å². The fourth-order valence-electron chi connectivity index (χ4n) is 2.89. The number of nitrogens with zero attached hydrogens (tertiary/aromatic N) is 3. The fourth-order valence-corrected chi connectivity index (χ4v) is 3.71. The van der Waals surface area contributed by atoms with Crippen molar-refractivity contribution in [3.05, 3.63) is 41.3 Å². The Morgan fingerprint density at radius 2 is 1.92 bits per heavy atom. The lowest BCUT2D eigenvalue weighted by Crippen LogP contribution is -2.34. The van der Waals surface area contributed by atoms with E-state index in [9.17, 15) is 4.39 Å². The summed E-state index contributed by atoms with van der Waals surface area (Å²) < 4.78 is 19.2. The maximum absolute atomic E-state index is 13.8. The highest BCUT2D eigenvalue weighted by atomic mass is 35.5. The van der Waals surface area contributed by atoms with E-state index in [0.29, 0.717) is 28.0 Å². The lowest BCUT2D eigenvalue weighted by Gasteiger charge is -2.17. The van der Waals surface area contributed by atoms with Crippen LogP contribution in [0.1, 0.15) is 31.5 Å². The third-order valence-electron chi connectivity index (χ3n) is 4.19. The van der Waals surface area contributed by atoms with Crippen LogP contribution in [-0.2, 0) is 5.54 Å². The molecule has 0 aliphatic heterocycles. The van der Waals surface area contributed by atoms with E-state index in [0.717, 1.165) is 25.7 Å². The van der Waals surface area contributed by atoms with Crippen molar-refractivity contribution in [1.29, 1.82) is 0 Å². The van der Waals surface area contributed by atoms with Crippen molar-refractivity contribution in [3.63, 3.8) is 0 Å². The van der Waals surface area contributed by atoms with Crippen molar-refractivity contribution in [1.82, 2.24) is 15.1 Å². The van der Waals surface area contributed by atoms with Gasteiger partial charge in [-0.15, -0.1) is 23.7 Å². The van der Waals surface area contributed by atoms with Gasteiger partial charge in [0.05, 0.1) is 5.54 Å². The van der Waals surface area contributed by atoms with E-state index in [1.165, 1.54) is 17.4 Å². The predicted molar refractivity (Wildman–Crippen MR) is 92.4 cm³/mol. The van der Waals surface area contributed by atoms with Crippen LogP contribution in [0.5, 0.6) is 0 Å². The summed E-state index contributed by atoms with van der Waals surface area (Å²) in [5.74, 6) is 0.562. The molecule has 1 aliphatic rings. The summed E-state index contributed by atoms with van der Waals surface area (Å²) in [4.78, 5) is 8.83. The average molecular weight is 367 g/mol. The minimum absolute atomic E-state index is 0. The van der Waals surface area contributed by atoms with Gasteiger partial charge in [-0.25, -0.2) is 9.37 Å². The van der Waals surface area contributed by atoms with Crippen LogP contribution in [0.25, 0.3) is 22.2 Å². The first kappa shape index (κ1) is 17.0. The Balaban J connectivity index is 0.00000169. The lowest BCUT2D eigenvalue weighted by molar-refractivity contribution is 0.372. The molecule has 24 heavy (non-hydrogen) atoms. The largest absolute Gasteiger partial charge is 0.332 e. The molecule has 1 aromatic carbocycles. The van der Waals surface area contributed by atoms with Gasteiger partial charge in [0.2, 0.25) is 0 Å². The zero-order valence-corrected chi connectivity index (χ0v) is 14.4. The molecule has 2 aromatic heterocycles. The maximum atomic E-state index is 13.8. The number of halogens is 2. The van der Waals surface area contributed by atoms with E-state index in [-0.39, 0.29) is 18.2 Å². The molecule has 1 fully saturated rings. The SMILES string of the molecule is Cl.NC1(c2noc(-c3csc(-c4ccccc4F)n3)n2)CCCC1. The van der Waals surface area contributed by atoms with Crippen LogP contribution < -0.4 is 5.73 Å². The van der Waals surface area contributed by atoms with Gasteiger partial charge in [0.15, 0.2) is 5.82 Å². The molecular formula is C16H16ClFN4OS. The van der Waals surface area contributed by atoms with E-state index in [1.54, 1.807) is 23.6 Å². The molecule has 5 nitrogen and oxygen atoms in total. The molecule has 8 heteroatoms. The monoisotopic (exact) mass is 366 g/mol. The predicted octanol–water partition coefficient (Wildman–Crippen LogP) is 4.15. The molecule has 3 aromatic rings. The summed E-state index contributed by atoms with van der Waals surface area (Å²) in [7, 11) is 0. The van der Waals surface area contributed by atoms with E-state index < -0.39 is 5.54 Å². The molecule has 0 spiro atoms. The Morgan fingerprint density at radius 1 is 1.17 bits per heavy atom. The third-order valence-corrected chi connectivity index (χ3v) is 5.07. The van der Waals surface area contributed by atoms with Gasteiger partial charge < -0.3 is 10.3 Å². The summed E-state index contributed by atoms with van der Waals surface area (Å²) in [6.45, 7) is 0. The molecule has 0 saturated heterocycles. The molecule has 126 valence electrons. The molecular weight excluding hydrogens is 351 g/mol. The lowest BCUT2D eigenvalue weighted by atomic mass is 9.99. The van der Waals surface area contributed by atoms with Crippen LogP contribution in [0, 0.1) is 5.82 Å².